The summed E-state index contributed by atoms with van der Waals surface area (Å²) in [4.78, 5) is 12.5. The number of nitrogens with one attached hydrogen (secondary N) is 1. The third-order valence-electron chi connectivity index (χ3n) is 4.63. The van der Waals surface area contributed by atoms with Gasteiger partial charge in [-0.1, -0.05) is 42.1 Å². The first kappa shape index (κ1) is 20.1. The van der Waals surface area contributed by atoms with E-state index in [9.17, 15) is 4.79 Å². The monoisotopic (exact) mass is 449 g/mol. The second-order valence-corrected chi connectivity index (χ2v) is 7.95. The number of rotatable bonds is 6. The van der Waals surface area contributed by atoms with Gasteiger partial charge in [0.1, 0.15) is 12.4 Å². The molecule has 1 aliphatic rings. The number of aromatic nitrogens is 4. The zero-order valence-electron chi connectivity index (χ0n) is 17.1. The molecule has 2 aromatic carbocycles. The highest BCUT2D eigenvalue weighted by atomic mass is 32.2. The lowest BCUT2D eigenvalue weighted by atomic mass is 10.2. The lowest BCUT2D eigenvalue weighted by Gasteiger charge is -2.23. The van der Waals surface area contributed by atoms with E-state index in [1.807, 2.05) is 67.6 Å². The molecule has 5 rings (SSSR count). The Kier molecular flexibility index (Phi) is 5.51. The number of amides is 1. The minimum Gasteiger partial charge on any atom is -0.485 e. The van der Waals surface area contributed by atoms with E-state index in [1.165, 1.54) is 0 Å². The maximum Gasteiger partial charge on any atom is 0.277 e. The third-order valence-corrected chi connectivity index (χ3v) is 5.45. The van der Waals surface area contributed by atoms with E-state index in [1.54, 1.807) is 4.68 Å². The van der Waals surface area contributed by atoms with Gasteiger partial charge in [-0.3, -0.25) is 4.79 Å². The molecule has 3 heterocycles. The molecule has 1 N–H and O–H groups in total. The Hall–Kier alpha value is -3.79. The smallest absolute Gasteiger partial charge is 0.277 e. The van der Waals surface area contributed by atoms with Gasteiger partial charge in [0.15, 0.2) is 11.5 Å². The fraction of sp³-hybridized carbons (Fsp3) is 0.182. The fourth-order valence-electron chi connectivity index (χ4n) is 3.21. The second kappa shape index (κ2) is 8.75. The molecule has 0 fully saturated rings. The Bertz CT molecular complexity index is 1240. The highest BCUT2D eigenvalue weighted by molar-refractivity contribution is 7.99. The van der Waals surface area contributed by atoms with Crippen LogP contribution in [-0.2, 0) is 4.79 Å². The van der Waals surface area contributed by atoms with Crippen LogP contribution in [0.3, 0.4) is 0 Å². The van der Waals surface area contributed by atoms with Crippen molar-refractivity contribution in [1.29, 1.82) is 0 Å². The number of nitrogens with zero attached hydrogens (tertiary/aromatic N) is 4. The number of anilines is 1. The van der Waals surface area contributed by atoms with E-state index in [2.05, 4.69) is 20.6 Å². The van der Waals surface area contributed by atoms with Crippen LogP contribution < -0.4 is 14.8 Å². The number of benzene rings is 2. The maximum atomic E-state index is 12.5. The normalized spacial score (nSPS) is 14.8. The van der Waals surface area contributed by atoms with Crippen molar-refractivity contribution < 1.29 is 18.7 Å². The number of carbonyl (C=O) groups is 1. The summed E-state index contributed by atoms with van der Waals surface area (Å²) in [6.07, 6.45) is -0.497. The minimum atomic E-state index is -0.497. The quantitative estimate of drug-likeness (QED) is 0.443. The summed E-state index contributed by atoms with van der Waals surface area (Å²) >= 11 is 1.15. The highest BCUT2D eigenvalue weighted by Crippen LogP contribution is 2.36. The van der Waals surface area contributed by atoms with Crippen LogP contribution in [-0.4, -0.2) is 38.2 Å². The molecule has 32 heavy (non-hydrogen) atoms. The minimum absolute atomic E-state index is 0.103. The summed E-state index contributed by atoms with van der Waals surface area (Å²) in [5, 5.41) is 15.7. The van der Waals surface area contributed by atoms with Crippen LogP contribution in [0.25, 0.3) is 5.69 Å². The molecule has 0 radical (unpaired) electrons. The molecule has 0 saturated heterocycles. The van der Waals surface area contributed by atoms with Gasteiger partial charge in [0, 0.05) is 6.07 Å². The molecule has 1 atom stereocenters. The first-order valence-corrected chi connectivity index (χ1v) is 10.9. The van der Waals surface area contributed by atoms with Gasteiger partial charge >= 0.3 is 0 Å². The third kappa shape index (κ3) is 4.30. The van der Waals surface area contributed by atoms with Crippen LogP contribution in [0.1, 0.15) is 17.7 Å². The van der Waals surface area contributed by atoms with Crippen molar-refractivity contribution in [2.24, 2.45) is 0 Å². The molecule has 0 aliphatic carbocycles. The van der Waals surface area contributed by atoms with Crippen molar-refractivity contribution >= 4 is 23.5 Å². The summed E-state index contributed by atoms with van der Waals surface area (Å²) in [5.41, 5.74) is 1.66. The second-order valence-electron chi connectivity index (χ2n) is 7.03. The van der Waals surface area contributed by atoms with Crippen molar-refractivity contribution in [2.75, 3.05) is 17.7 Å². The van der Waals surface area contributed by atoms with E-state index in [4.69, 9.17) is 13.9 Å². The molecular formula is C22H19N5O4S. The number of thioether (sulfide) groups is 1. The van der Waals surface area contributed by atoms with Crippen LogP contribution in [0.4, 0.5) is 5.82 Å². The maximum absolute atomic E-state index is 12.5. The van der Waals surface area contributed by atoms with E-state index in [0.717, 1.165) is 23.1 Å². The van der Waals surface area contributed by atoms with E-state index < -0.39 is 6.10 Å². The van der Waals surface area contributed by atoms with Crippen molar-refractivity contribution in [2.45, 2.75) is 18.3 Å². The summed E-state index contributed by atoms with van der Waals surface area (Å²) in [6.45, 7) is 2.14. The van der Waals surface area contributed by atoms with Crippen molar-refractivity contribution in [3.8, 4) is 17.2 Å². The van der Waals surface area contributed by atoms with Crippen LogP contribution >= 0.6 is 11.8 Å². The Morgan fingerprint density at radius 1 is 1.12 bits per heavy atom. The zero-order chi connectivity index (χ0) is 21.9. The van der Waals surface area contributed by atoms with Crippen LogP contribution in [0.2, 0.25) is 0 Å². The molecule has 0 saturated carbocycles. The largest absolute Gasteiger partial charge is 0.485 e. The van der Waals surface area contributed by atoms with Crippen LogP contribution in [0.15, 0.2) is 70.3 Å². The Balaban J connectivity index is 1.20. The molecule has 0 bridgehead atoms. The average molecular weight is 449 g/mol. The molecular weight excluding hydrogens is 430 g/mol. The number of aryl methyl sites for hydroxylation is 1. The number of para-hydroxylation sites is 3. The Morgan fingerprint density at radius 2 is 1.91 bits per heavy atom. The Labute approximate surface area is 187 Å². The molecule has 4 aromatic rings. The molecule has 0 spiro atoms. The molecule has 9 nitrogen and oxygen atoms in total. The predicted octanol–water partition coefficient (Wildman–Crippen LogP) is 3.81. The molecule has 1 amide bonds. The van der Waals surface area contributed by atoms with E-state index in [-0.39, 0.29) is 23.5 Å². The van der Waals surface area contributed by atoms with E-state index >= 15 is 0 Å². The van der Waals surface area contributed by atoms with Gasteiger partial charge in [0.25, 0.3) is 11.1 Å². The number of carbonyl (C=O) groups excluding carboxylic acids is 1. The zero-order valence-corrected chi connectivity index (χ0v) is 17.9. The molecule has 2 aromatic heterocycles. The van der Waals surface area contributed by atoms with Gasteiger partial charge < -0.3 is 19.2 Å². The molecule has 10 heteroatoms. The molecule has 1 aliphatic heterocycles. The first-order chi connectivity index (χ1) is 15.7. The Morgan fingerprint density at radius 3 is 2.75 bits per heavy atom. The van der Waals surface area contributed by atoms with Crippen LogP contribution in [0.5, 0.6) is 11.5 Å². The summed E-state index contributed by atoms with van der Waals surface area (Å²) in [6, 6.07) is 18.8. The lowest BCUT2D eigenvalue weighted by molar-refractivity contribution is -0.113. The fourth-order valence-corrected chi connectivity index (χ4v) is 3.78. The molecule has 0 unspecified atom stereocenters. The van der Waals surface area contributed by atoms with Crippen molar-refractivity contribution in [1.82, 2.24) is 20.0 Å². The predicted molar refractivity (Wildman–Crippen MR) is 117 cm³/mol. The van der Waals surface area contributed by atoms with E-state index in [0.29, 0.717) is 23.2 Å². The van der Waals surface area contributed by atoms with Gasteiger partial charge in [-0.2, -0.15) is 5.10 Å². The number of hydrogen-bond donors (Lipinski definition) is 1. The SMILES string of the molecule is Cc1cc(NC(=O)CSc2nnc([C@@H]3COc4ccccc4O3)o2)n(-c2ccccc2)n1. The number of hydrogen-bond acceptors (Lipinski definition) is 8. The number of fused-ring (bicyclic) bond motifs is 1. The van der Waals surface area contributed by atoms with Crippen LogP contribution in [0, 0.1) is 6.92 Å². The summed E-state index contributed by atoms with van der Waals surface area (Å²) in [7, 11) is 0. The van der Waals surface area contributed by atoms with Crippen molar-refractivity contribution in [3.63, 3.8) is 0 Å². The van der Waals surface area contributed by atoms with Gasteiger partial charge in [-0.05, 0) is 31.2 Å². The average Bonchev–Trinajstić information content (AvgIpc) is 3.44. The highest BCUT2D eigenvalue weighted by Gasteiger charge is 2.27. The molecule has 162 valence electrons. The topological polar surface area (TPSA) is 104 Å². The van der Waals surface area contributed by atoms with Gasteiger partial charge in [-0.25, -0.2) is 4.68 Å². The lowest BCUT2D eigenvalue weighted by Crippen LogP contribution is -2.21. The summed E-state index contributed by atoms with van der Waals surface area (Å²) in [5.74, 6) is 2.10. The van der Waals surface area contributed by atoms with Gasteiger partial charge in [-0.15, -0.1) is 10.2 Å². The summed E-state index contributed by atoms with van der Waals surface area (Å²) < 4.78 is 18.9. The first-order valence-electron chi connectivity index (χ1n) is 9.92. The standard InChI is InChI=1S/C22H19N5O4S/c1-14-11-19(27(26-14)15-7-3-2-4-8-15)23-20(28)13-32-22-25-24-21(31-22)18-12-29-16-9-5-6-10-17(16)30-18/h2-11,18H,12-13H2,1H3,(H,23,28)/t18-/m0/s1. The van der Waals surface area contributed by atoms with Crippen molar-refractivity contribution in [3.05, 3.63) is 72.2 Å². The van der Waals surface area contributed by atoms with Gasteiger partial charge in [0.05, 0.1) is 17.1 Å². The number of ether oxygens (including phenoxy) is 2. The van der Waals surface area contributed by atoms with Gasteiger partial charge in [0.2, 0.25) is 12.0 Å².